The smallest absolute Gasteiger partial charge is 0.135 e. The average Bonchev–Trinajstić information content (AvgIpc) is 2.91. The second kappa shape index (κ2) is 5.10. The molecule has 1 aliphatic carbocycles. The first-order chi connectivity index (χ1) is 9.25. The highest BCUT2D eigenvalue weighted by Crippen LogP contribution is 2.37. The highest BCUT2D eigenvalue weighted by atomic mass is 32.1. The summed E-state index contributed by atoms with van der Waals surface area (Å²) >= 11 is 1.76. The molecule has 0 saturated heterocycles. The van der Waals surface area contributed by atoms with Gasteiger partial charge in [0.25, 0.3) is 0 Å². The van der Waals surface area contributed by atoms with Crippen LogP contribution in [0, 0.1) is 5.92 Å². The number of nitrogens with two attached hydrogens (primary N) is 1. The van der Waals surface area contributed by atoms with Crippen molar-refractivity contribution in [2.75, 3.05) is 11.9 Å². The maximum absolute atomic E-state index is 6.11. The van der Waals surface area contributed by atoms with Gasteiger partial charge >= 0.3 is 0 Å². The quantitative estimate of drug-likeness (QED) is 0.899. The van der Waals surface area contributed by atoms with Crippen LogP contribution in [0.15, 0.2) is 23.7 Å². The lowest BCUT2D eigenvalue weighted by Crippen LogP contribution is -2.52. The van der Waals surface area contributed by atoms with E-state index in [0.717, 1.165) is 12.2 Å². The minimum Gasteiger partial charge on any atom is -0.363 e. The lowest BCUT2D eigenvalue weighted by atomic mass is 9.73. The summed E-state index contributed by atoms with van der Waals surface area (Å²) in [5.41, 5.74) is 6.12. The monoisotopic (exact) mass is 275 g/mol. The topological polar surface area (TPSA) is 50.9 Å². The zero-order chi connectivity index (χ0) is 13.3. The number of pyridine rings is 1. The number of aromatic nitrogens is 1. The Kier molecular flexibility index (Phi) is 3.46. The van der Waals surface area contributed by atoms with Gasteiger partial charge in [0.1, 0.15) is 5.82 Å². The molecule has 1 saturated carbocycles. The molecule has 2 aromatic rings. The van der Waals surface area contributed by atoms with E-state index >= 15 is 0 Å². The van der Waals surface area contributed by atoms with Crippen molar-refractivity contribution < 1.29 is 0 Å². The average molecular weight is 275 g/mol. The van der Waals surface area contributed by atoms with E-state index in [1.54, 1.807) is 11.3 Å². The minimum atomic E-state index is 0.0153. The summed E-state index contributed by atoms with van der Waals surface area (Å²) in [5.74, 6) is 1.60. The molecule has 1 aliphatic rings. The SMILES string of the molecule is CC1CCCCC1(CN)Nc1nccc2sccc12. The Morgan fingerprint density at radius 3 is 3.16 bits per heavy atom. The number of rotatable bonds is 3. The predicted molar refractivity (Wildman–Crippen MR) is 82.7 cm³/mol. The Balaban J connectivity index is 1.96. The first-order valence-electron chi connectivity index (χ1n) is 7.06. The maximum Gasteiger partial charge on any atom is 0.135 e. The molecule has 0 radical (unpaired) electrons. The van der Waals surface area contributed by atoms with Gasteiger partial charge in [-0.3, -0.25) is 0 Å². The van der Waals surface area contributed by atoms with E-state index < -0.39 is 0 Å². The first kappa shape index (κ1) is 12.9. The lowest BCUT2D eigenvalue weighted by molar-refractivity contribution is 0.235. The predicted octanol–water partition coefficient (Wildman–Crippen LogP) is 3.62. The molecule has 0 spiro atoms. The molecule has 0 bridgehead atoms. The second-order valence-corrected chi connectivity index (χ2v) is 6.57. The van der Waals surface area contributed by atoms with Gasteiger partial charge < -0.3 is 11.1 Å². The summed E-state index contributed by atoms with van der Waals surface area (Å²) in [7, 11) is 0. The Labute approximate surface area is 118 Å². The van der Waals surface area contributed by atoms with Crippen molar-refractivity contribution >= 4 is 27.2 Å². The number of nitrogens with one attached hydrogen (secondary N) is 1. The fraction of sp³-hybridized carbons (Fsp3) is 0.533. The third-order valence-electron chi connectivity index (χ3n) is 4.56. The van der Waals surface area contributed by atoms with Crippen LogP contribution in [0.25, 0.3) is 10.1 Å². The van der Waals surface area contributed by atoms with E-state index in [1.807, 2.05) is 6.20 Å². The van der Waals surface area contributed by atoms with Crippen LogP contribution >= 0.6 is 11.3 Å². The molecule has 3 N–H and O–H groups in total. The molecule has 2 atom stereocenters. The fourth-order valence-corrected chi connectivity index (χ4v) is 3.97. The fourth-order valence-electron chi connectivity index (χ4n) is 3.18. The van der Waals surface area contributed by atoms with Crippen LogP contribution in [0.1, 0.15) is 32.6 Å². The van der Waals surface area contributed by atoms with Crippen molar-refractivity contribution in [2.45, 2.75) is 38.1 Å². The number of nitrogens with zero attached hydrogens (tertiary/aromatic N) is 1. The summed E-state index contributed by atoms with van der Waals surface area (Å²) in [6.07, 6.45) is 6.87. The lowest BCUT2D eigenvalue weighted by Gasteiger charge is -2.43. The Morgan fingerprint density at radius 1 is 1.47 bits per heavy atom. The minimum absolute atomic E-state index is 0.0153. The summed E-state index contributed by atoms with van der Waals surface area (Å²) < 4.78 is 1.29. The summed E-state index contributed by atoms with van der Waals surface area (Å²) in [6, 6.07) is 4.22. The summed E-state index contributed by atoms with van der Waals surface area (Å²) in [5, 5.41) is 7.04. The van der Waals surface area contributed by atoms with Crippen LogP contribution in [0.4, 0.5) is 5.82 Å². The molecule has 3 nitrogen and oxygen atoms in total. The third kappa shape index (κ3) is 2.23. The van der Waals surface area contributed by atoms with Crippen LogP contribution < -0.4 is 11.1 Å². The molecule has 2 aromatic heterocycles. The molecule has 0 aliphatic heterocycles. The van der Waals surface area contributed by atoms with Crippen LogP contribution in [0.2, 0.25) is 0 Å². The Bertz CT molecular complexity index is 565. The Morgan fingerprint density at radius 2 is 2.37 bits per heavy atom. The number of hydrogen-bond donors (Lipinski definition) is 2. The normalized spacial score (nSPS) is 27.6. The molecular weight excluding hydrogens is 254 g/mol. The molecule has 0 amide bonds. The van der Waals surface area contributed by atoms with Crippen LogP contribution in [0.5, 0.6) is 0 Å². The van der Waals surface area contributed by atoms with Gasteiger partial charge in [-0.2, -0.15) is 0 Å². The second-order valence-electron chi connectivity index (χ2n) is 5.62. The van der Waals surface area contributed by atoms with Gasteiger partial charge in [0.05, 0.1) is 5.54 Å². The number of hydrogen-bond acceptors (Lipinski definition) is 4. The summed E-state index contributed by atoms with van der Waals surface area (Å²) in [4.78, 5) is 4.54. The van der Waals surface area contributed by atoms with Gasteiger partial charge in [-0.1, -0.05) is 19.8 Å². The Hall–Kier alpha value is -1.13. The summed E-state index contributed by atoms with van der Waals surface area (Å²) in [6.45, 7) is 2.99. The highest BCUT2D eigenvalue weighted by molar-refractivity contribution is 7.17. The van der Waals surface area contributed by atoms with E-state index in [9.17, 15) is 0 Å². The molecular formula is C15H21N3S. The van der Waals surface area contributed by atoms with Crippen molar-refractivity contribution in [3.05, 3.63) is 23.7 Å². The van der Waals surface area contributed by atoms with Gasteiger partial charge in [0.2, 0.25) is 0 Å². The van der Waals surface area contributed by atoms with E-state index in [-0.39, 0.29) is 5.54 Å². The number of fused-ring (bicyclic) bond motifs is 1. The molecule has 2 unspecified atom stereocenters. The van der Waals surface area contributed by atoms with E-state index in [0.29, 0.717) is 12.5 Å². The van der Waals surface area contributed by atoms with E-state index in [2.05, 4.69) is 34.7 Å². The molecule has 0 aromatic carbocycles. The van der Waals surface area contributed by atoms with Crippen molar-refractivity contribution in [3.63, 3.8) is 0 Å². The van der Waals surface area contributed by atoms with Crippen LogP contribution in [0.3, 0.4) is 0 Å². The van der Waals surface area contributed by atoms with Crippen molar-refractivity contribution in [2.24, 2.45) is 11.7 Å². The van der Waals surface area contributed by atoms with E-state index in [1.165, 1.54) is 29.3 Å². The van der Waals surface area contributed by atoms with Gasteiger partial charge in [-0.05, 0) is 36.3 Å². The van der Waals surface area contributed by atoms with Crippen molar-refractivity contribution in [1.82, 2.24) is 4.98 Å². The molecule has 4 heteroatoms. The molecule has 19 heavy (non-hydrogen) atoms. The van der Waals surface area contributed by atoms with Crippen molar-refractivity contribution in [3.8, 4) is 0 Å². The van der Waals surface area contributed by atoms with Gasteiger partial charge in [-0.25, -0.2) is 4.98 Å². The molecule has 1 fully saturated rings. The van der Waals surface area contributed by atoms with Crippen LogP contribution in [-0.4, -0.2) is 17.1 Å². The number of anilines is 1. The zero-order valence-corrected chi connectivity index (χ0v) is 12.2. The molecule has 2 heterocycles. The van der Waals surface area contributed by atoms with Crippen LogP contribution in [-0.2, 0) is 0 Å². The van der Waals surface area contributed by atoms with Gasteiger partial charge in [0.15, 0.2) is 0 Å². The first-order valence-corrected chi connectivity index (χ1v) is 7.93. The van der Waals surface area contributed by atoms with Gasteiger partial charge in [0, 0.05) is 22.8 Å². The van der Waals surface area contributed by atoms with Crippen molar-refractivity contribution in [1.29, 1.82) is 0 Å². The van der Waals surface area contributed by atoms with Gasteiger partial charge in [-0.15, -0.1) is 11.3 Å². The highest BCUT2D eigenvalue weighted by Gasteiger charge is 2.37. The molecule has 102 valence electrons. The third-order valence-corrected chi connectivity index (χ3v) is 5.45. The molecule has 3 rings (SSSR count). The zero-order valence-electron chi connectivity index (χ0n) is 11.4. The maximum atomic E-state index is 6.11. The number of thiophene rings is 1. The van der Waals surface area contributed by atoms with E-state index in [4.69, 9.17) is 5.73 Å². The standard InChI is InChI=1S/C15H21N3S/c1-11-4-2-3-7-15(11,10-16)18-14-12-6-9-19-13(12)5-8-17-14/h5-6,8-9,11H,2-4,7,10,16H2,1H3,(H,17,18). The largest absolute Gasteiger partial charge is 0.363 e.